The molecule has 0 aromatic carbocycles. The van der Waals surface area contributed by atoms with Gasteiger partial charge in [0.25, 0.3) is 10.0 Å². The number of aryl methyl sites for hydroxylation is 1. The van der Waals surface area contributed by atoms with Crippen molar-refractivity contribution in [2.75, 3.05) is 19.6 Å². The molecule has 1 aromatic heterocycles. The number of hydrogen-bond acceptors (Lipinski definition) is 4. The Morgan fingerprint density at radius 3 is 2.89 bits per heavy atom. The van der Waals surface area contributed by atoms with Gasteiger partial charge in [0.15, 0.2) is 5.03 Å². The van der Waals surface area contributed by atoms with Gasteiger partial charge in [0, 0.05) is 13.1 Å². The quantitative estimate of drug-likeness (QED) is 0.801. The minimum atomic E-state index is -3.44. The van der Waals surface area contributed by atoms with Crippen LogP contribution >= 0.6 is 0 Å². The third-order valence-electron chi connectivity index (χ3n) is 3.41. The van der Waals surface area contributed by atoms with Crippen LogP contribution in [0.25, 0.3) is 0 Å². The van der Waals surface area contributed by atoms with Crippen molar-refractivity contribution in [3.05, 3.63) is 12.3 Å². The third-order valence-corrected chi connectivity index (χ3v) is 4.85. The first-order valence-electron chi connectivity index (χ1n) is 6.85. The zero-order chi connectivity index (χ0) is 13.7. The van der Waals surface area contributed by atoms with E-state index in [9.17, 15) is 8.42 Å². The summed E-state index contributed by atoms with van der Waals surface area (Å²) >= 11 is 0. The molecule has 2 heterocycles. The van der Waals surface area contributed by atoms with Crippen LogP contribution in [-0.2, 0) is 16.6 Å². The Morgan fingerprint density at radius 2 is 2.21 bits per heavy atom. The molecule has 2 rings (SSSR count). The topological polar surface area (TPSA) is 76.0 Å². The summed E-state index contributed by atoms with van der Waals surface area (Å²) in [5, 5.41) is 7.60. The maximum atomic E-state index is 12.2. The second-order valence-corrected chi connectivity index (χ2v) is 6.65. The molecule has 1 saturated heterocycles. The summed E-state index contributed by atoms with van der Waals surface area (Å²) in [4.78, 5) is 0. The van der Waals surface area contributed by atoms with E-state index in [2.05, 4.69) is 15.1 Å². The highest BCUT2D eigenvalue weighted by Gasteiger charge is 2.21. The first kappa shape index (κ1) is 14.5. The lowest BCUT2D eigenvalue weighted by atomic mass is 9.99. The van der Waals surface area contributed by atoms with Crippen LogP contribution in [0.15, 0.2) is 17.3 Å². The van der Waals surface area contributed by atoms with Gasteiger partial charge < -0.3 is 5.32 Å². The van der Waals surface area contributed by atoms with Gasteiger partial charge in [-0.2, -0.15) is 5.10 Å². The van der Waals surface area contributed by atoms with E-state index in [1.807, 2.05) is 6.92 Å². The summed E-state index contributed by atoms with van der Waals surface area (Å²) in [6.07, 6.45) is 4.45. The number of hydrogen-bond donors (Lipinski definition) is 2. The van der Waals surface area contributed by atoms with Crippen LogP contribution in [0.5, 0.6) is 0 Å². The predicted molar refractivity (Wildman–Crippen MR) is 73.3 cm³/mol. The molecule has 1 aliphatic heterocycles. The molecule has 2 N–H and O–H groups in total. The lowest BCUT2D eigenvalue weighted by molar-refractivity contribution is 0.372. The molecular formula is C12H22N4O2S. The van der Waals surface area contributed by atoms with Gasteiger partial charge in [-0.15, -0.1) is 0 Å². The highest BCUT2D eigenvalue weighted by molar-refractivity contribution is 7.89. The van der Waals surface area contributed by atoms with Gasteiger partial charge >= 0.3 is 0 Å². The Labute approximate surface area is 114 Å². The molecule has 0 aliphatic carbocycles. The molecule has 0 saturated carbocycles. The smallest absolute Gasteiger partial charge is 0.257 e. The van der Waals surface area contributed by atoms with E-state index in [1.165, 1.54) is 6.20 Å². The molecule has 0 unspecified atom stereocenters. The minimum absolute atomic E-state index is 0.267. The van der Waals surface area contributed by atoms with Crippen molar-refractivity contribution >= 4 is 10.0 Å². The van der Waals surface area contributed by atoms with Gasteiger partial charge in [-0.1, -0.05) is 6.92 Å². The lowest BCUT2D eigenvalue weighted by Crippen LogP contribution is -2.36. The molecule has 0 atom stereocenters. The van der Waals surface area contributed by atoms with Crippen molar-refractivity contribution in [2.24, 2.45) is 5.92 Å². The average molecular weight is 286 g/mol. The highest BCUT2D eigenvalue weighted by atomic mass is 32.2. The summed E-state index contributed by atoms with van der Waals surface area (Å²) in [6.45, 7) is 5.08. The normalized spacial score (nSPS) is 17.7. The Hall–Kier alpha value is -0.920. The Balaban J connectivity index is 1.98. The van der Waals surface area contributed by atoms with Crippen molar-refractivity contribution in [1.82, 2.24) is 19.8 Å². The van der Waals surface area contributed by atoms with Gasteiger partial charge in [-0.3, -0.25) is 4.68 Å². The van der Waals surface area contributed by atoms with Crippen LogP contribution in [0, 0.1) is 5.92 Å². The fourth-order valence-corrected chi connectivity index (χ4v) is 3.57. The van der Waals surface area contributed by atoms with Crippen molar-refractivity contribution in [3.63, 3.8) is 0 Å². The van der Waals surface area contributed by atoms with Gasteiger partial charge in [-0.05, 0) is 44.3 Å². The summed E-state index contributed by atoms with van der Waals surface area (Å²) in [6, 6.07) is 1.56. The van der Waals surface area contributed by atoms with Crippen molar-refractivity contribution in [3.8, 4) is 0 Å². The molecule has 1 aromatic rings. The Bertz CT molecular complexity index is 492. The standard InChI is InChI=1S/C12H22N4O2S/c1-2-9-16-12(5-8-14-16)19(17,18)15-10-11-3-6-13-7-4-11/h5,8,11,13,15H,2-4,6-7,9-10H2,1H3. The van der Waals surface area contributed by atoms with Gasteiger partial charge in [0.2, 0.25) is 0 Å². The van der Waals surface area contributed by atoms with E-state index in [0.717, 1.165) is 32.4 Å². The van der Waals surface area contributed by atoms with Crippen LogP contribution in [0.1, 0.15) is 26.2 Å². The fraction of sp³-hybridized carbons (Fsp3) is 0.750. The second kappa shape index (κ2) is 6.49. The number of rotatable bonds is 6. The Morgan fingerprint density at radius 1 is 1.47 bits per heavy atom. The second-order valence-electron chi connectivity index (χ2n) is 4.94. The number of nitrogens with one attached hydrogen (secondary N) is 2. The van der Waals surface area contributed by atoms with Crippen LogP contribution < -0.4 is 10.0 Å². The number of piperidine rings is 1. The molecular weight excluding hydrogens is 264 g/mol. The van der Waals surface area contributed by atoms with Gasteiger partial charge in [-0.25, -0.2) is 13.1 Å². The van der Waals surface area contributed by atoms with E-state index in [1.54, 1.807) is 10.7 Å². The largest absolute Gasteiger partial charge is 0.317 e. The summed E-state index contributed by atoms with van der Waals surface area (Å²) in [5.74, 6) is 0.429. The zero-order valence-electron chi connectivity index (χ0n) is 11.3. The molecule has 1 fully saturated rings. The van der Waals surface area contributed by atoms with Crippen LogP contribution in [0.2, 0.25) is 0 Å². The van der Waals surface area contributed by atoms with E-state index in [-0.39, 0.29) is 5.03 Å². The monoisotopic (exact) mass is 286 g/mol. The highest BCUT2D eigenvalue weighted by Crippen LogP contribution is 2.13. The molecule has 0 radical (unpaired) electrons. The molecule has 6 nitrogen and oxygen atoms in total. The van der Waals surface area contributed by atoms with Gasteiger partial charge in [0.05, 0.1) is 6.20 Å². The first-order chi connectivity index (χ1) is 9.13. The van der Waals surface area contributed by atoms with Gasteiger partial charge in [0.1, 0.15) is 0 Å². The van der Waals surface area contributed by atoms with E-state index in [4.69, 9.17) is 0 Å². The molecule has 1 aliphatic rings. The average Bonchev–Trinajstić information content (AvgIpc) is 2.87. The van der Waals surface area contributed by atoms with E-state index in [0.29, 0.717) is 19.0 Å². The van der Waals surface area contributed by atoms with E-state index >= 15 is 0 Å². The maximum absolute atomic E-state index is 12.2. The zero-order valence-corrected chi connectivity index (χ0v) is 12.1. The molecule has 0 bridgehead atoms. The lowest BCUT2D eigenvalue weighted by Gasteiger charge is -2.22. The van der Waals surface area contributed by atoms with Crippen molar-refractivity contribution in [2.45, 2.75) is 37.8 Å². The molecule has 0 spiro atoms. The molecule has 7 heteroatoms. The predicted octanol–water partition coefficient (Wildman–Crippen LogP) is 0.571. The fourth-order valence-electron chi connectivity index (χ4n) is 2.32. The maximum Gasteiger partial charge on any atom is 0.257 e. The van der Waals surface area contributed by atoms with Crippen molar-refractivity contribution < 1.29 is 8.42 Å². The SMILES string of the molecule is CCCn1nccc1S(=O)(=O)NCC1CCNCC1. The minimum Gasteiger partial charge on any atom is -0.317 e. The molecule has 108 valence electrons. The number of sulfonamides is 1. The molecule has 19 heavy (non-hydrogen) atoms. The Kier molecular flexibility index (Phi) is 4.95. The van der Waals surface area contributed by atoms with Crippen LogP contribution in [-0.4, -0.2) is 37.8 Å². The third kappa shape index (κ3) is 3.77. The van der Waals surface area contributed by atoms with E-state index < -0.39 is 10.0 Å². The van der Waals surface area contributed by atoms with Crippen molar-refractivity contribution in [1.29, 1.82) is 0 Å². The summed E-state index contributed by atoms with van der Waals surface area (Å²) < 4.78 is 28.7. The summed E-state index contributed by atoms with van der Waals surface area (Å²) in [7, 11) is -3.44. The van der Waals surface area contributed by atoms with Crippen LogP contribution in [0.4, 0.5) is 0 Å². The molecule has 0 amide bonds. The van der Waals surface area contributed by atoms with Crippen LogP contribution in [0.3, 0.4) is 0 Å². The summed E-state index contributed by atoms with van der Waals surface area (Å²) in [5.41, 5.74) is 0. The number of aromatic nitrogens is 2. The first-order valence-corrected chi connectivity index (χ1v) is 8.34. The number of nitrogens with zero attached hydrogens (tertiary/aromatic N) is 2.